The molecular weight excluding hydrogens is 185 g/mol. The molecular formula is C8H17F3S. The highest BCUT2D eigenvalue weighted by molar-refractivity contribution is 8.16. The van der Waals surface area contributed by atoms with Crippen LogP contribution in [0.5, 0.6) is 0 Å². The second-order valence-corrected chi connectivity index (χ2v) is 5.63. The Labute approximate surface area is 74.9 Å². The predicted octanol–water partition coefficient (Wildman–Crippen LogP) is 3.37. The lowest BCUT2D eigenvalue weighted by molar-refractivity contribution is -0.129. The van der Waals surface area contributed by atoms with Crippen molar-refractivity contribution >= 4 is 10.9 Å². The van der Waals surface area contributed by atoms with Gasteiger partial charge in [-0.25, -0.2) is 0 Å². The lowest BCUT2D eigenvalue weighted by atomic mass is 10.4. The molecule has 0 aliphatic heterocycles. The van der Waals surface area contributed by atoms with E-state index < -0.39 is 12.6 Å². The molecule has 0 radical (unpaired) electrons. The van der Waals surface area contributed by atoms with Crippen LogP contribution in [-0.2, 0) is 0 Å². The maximum Gasteiger partial charge on any atom is 0.389 e. The zero-order chi connectivity index (χ0) is 9.61. The first-order chi connectivity index (χ1) is 5.45. The summed E-state index contributed by atoms with van der Waals surface area (Å²) in [5.74, 6) is 1.33. The number of hydrogen-bond acceptors (Lipinski definition) is 0. The molecule has 76 valence electrons. The van der Waals surface area contributed by atoms with Gasteiger partial charge in [-0.3, -0.25) is 10.9 Å². The molecule has 12 heavy (non-hydrogen) atoms. The molecule has 0 amide bonds. The van der Waals surface area contributed by atoms with E-state index in [1.165, 1.54) is 0 Å². The van der Waals surface area contributed by atoms with Crippen LogP contribution in [-0.4, -0.2) is 23.9 Å². The van der Waals surface area contributed by atoms with Crippen molar-refractivity contribution in [1.29, 1.82) is 0 Å². The average Bonchev–Trinajstić information content (AvgIpc) is 1.95. The van der Waals surface area contributed by atoms with Gasteiger partial charge in [-0.15, -0.1) is 0 Å². The Kier molecular flexibility index (Phi) is 5.80. The van der Waals surface area contributed by atoms with Crippen molar-refractivity contribution in [2.75, 3.05) is 17.8 Å². The molecule has 1 unspecified atom stereocenters. The summed E-state index contributed by atoms with van der Waals surface area (Å²) in [7, 11) is -0.371. The second kappa shape index (κ2) is 5.73. The molecule has 0 bridgehead atoms. The molecule has 0 heterocycles. The highest BCUT2D eigenvalue weighted by Crippen LogP contribution is 2.29. The van der Waals surface area contributed by atoms with E-state index >= 15 is 0 Å². The van der Waals surface area contributed by atoms with Crippen LogP contribution in [0, 0.1) is 0 Å². The van der Waals surface area contributed by atoms with E-state index in [4.69, 9.17) is 0 Å². The summed E-state index contributed by atoms with van der Waals surface area (Å²) in [5.41, 5.74) is 0. The summed E-state index contributed by atoms with van der Waals surface area (Å²) in [6, 6.07) is 0. The summed E-state index contributed by atoms with van der Waals surface area (Å²) in [6.07, 6.45) is -0.447. The highest BCUT2D eigenvalue weighted by atomic mass is 32.2. The molecule has 4 heteroatoms. The molecule has 0 fully saturated rings. The summed E-state index contributed by atoms with van der Waals surface area (Å²) >= 11 is 0. The van der Waals surface area contributed by atoms with Crippen LogP contribution in [0.1, 0.15) is 26.2 Å². The average molecular weight is 202 g/mol. The van der Waals surface area contributed by atoms with E-state index in [9.17, 15) is 13.2 Å². The van der Waals surface area contributed by atoms with E-state index in [0.29, 0.717) is 5.75 Å². The number of unbranched alkanes of at least 4 members (excludes halogenated alkanes) is 1. The normalized spacial score (nSPS) is 16.2. The third-order valence-corrected chi connectivity index (χ3v) is 3.74. The number of halogens is 3. The van der Waals surface area contributed by atoms with E-state index in [1.807, 2.05) is 6.26 Å². The van der Waals surface area contributed by atoms with Gasteiger partial charge < -0.3 is 0 Å². The molecule has 0 aromatic rings. The maximum absolute atomic E-state index is 11.7. The van der Waals surface area contributed by atoms with Gasteiger partial charge in [-0.1, -0.05) is 13.3 Å². The second-order valence-electron chi connectivity index (χ2n) is 3.02. The zero-order valence-corrected chi connectivity index (χ0v) is 8.51. The Morgan fingerprint density at radius 2 is 1.75 bits per heavy atom. The number of thiol groups is 1. The molecule has 0 aromatic carbocycles. The minimum Gasteiger partial charge on any atom is -0.256 e. The van der Waals surface area contributed by atoms with Crippen molar-refractivity contribution in [3.8, 4) is 0 Å². The van der Waals surface area contributed by atoms with Crippen molar-refractivity contribution in [2.24, 2.45) is 0 Å². The van der Waals surface area contributed by atoms with Crippen molar-refractivity contribution in [3.05, 3.63) is 0 Å². The van der Waals surface area contributed by atoms with Gasteiger partial charge in [0.15, 0.2) is 0 Å². The molecule has 0 N–H and O–H groups in total. The Morgan fingerprint density at radius 1 is 1.17 bits per heavy atom. The first-order valence-electron chi connectivity index (χ1n) is 4.21. The number of alkyl halides is 3. The van der Waals surface area contributed by atoms with Gasteiger partial charge in [0.05, 0.1) is 6.42 Å². The molecule has 0 aliphatic rings. The van der Waals surface area contributed by atoms with E-state index in [0.717, 1.165) is 18.6 Å². The summed E-state index contributed by atoms with van der Waals surface area (Å²) < 4.78 is 35.2. The largest absolute Gasteiger partial charge is 0.389 e. The third-order valence-electron chi connectivity index (χ3n) is 1.67. The molecule has 0 aliphatic carbocycles. The predicted molar refractivity (Wildman–Crippen MR) is 50.2 cm³/mol. The lowest BCUT2D eigenvalue weighted by Gasteiger charge is -2.16. The van der Waals surface area contributed by atoms with Gasteiger partial charge in [0, 0.05) is 0 Å². The Morgan fingerprint density at radius 3 is 2.17 bits per heavy atom. The SMILES string of the molecule is CCCC[SH](C)CCC(F)(F)F. The van der Waals surface area contributed by atoms with Gasteiger partial charge in [-0.2, -0.15) is 13.2 Å². The first-order valence-corrected chi connectivity index (χ1v) is 6.37. The number of rotatable bonds is 5. The van der Waals surface area contributed by atoms with Crippen LogP contribution in [0.25, 0.3) is 0 Å². The van der Waals surface area contributed by atoms with Crippen LogP contribution >= 0.6 is 10.9 Å². The van der Waals surface area contributed by atoms with E-state index in [2.05, 4.69) is 6.92 Å². The molecule has 0 saturated heterocycles. The van der Waals surface area contributed by atoms with Crippen molar-refractivity contribution in [1.82, 2.24) is 0 Å². The fourth-order valence-electron chi connectivity index (χ4n) is 0.857. The summed E-state index contributed by atoms with van der Waals surface area (Å²) in [6.45, 7) is 2.06. The van der Waals surface area contributed by atoms with Gasteiger partial charge in [0.25, 0.3) is 0 Å². The van der Waals surface area contributed by atoms with Crippen LogP contribution in [0.15, 0.2) is 0 Å². The Hall–Kier alpha value is 0.140. The van der Waals surface area contributed by atoms with Crippen LogP contribution in [0.4, 0.5) is 13.2 Å². The first kappa shape index (κ1) is 12.1. The van der Waals surface area contributed by atoms with Crippen LogP contribution < -0.4 is 0 Å². The van der Waals surface area contributed by atoms with Crippen molar-refractivity contribution in [2.45, 2.75) is 32.4 Å². The van der Waals surface area contributed by atoms with Crippen LogP contribution in [0.3, 0.4) is 0 Å². The van der Waals surface area contributed by atoms with E-state index in [1.54, 1.807) is 0 Å². The molecule has 0 rings (SSSR count). The topological polar surface area (TPSA) is 0 Å². The van der Waals surface area contributed by atoms with Gasteiger partial charge in [-0.05, 0) is 24.2 Å². The number of hydrogen-bond donors (Lipinski definition) is 1. The smallest absolute Gasteiger partial charge is 0.256 e. The quantitative estimate of drug-likeness (QED) is 0.649. The fraction of sp³-hybridized carbons (Fsp3) is 1.00. The van der Waals surface area contributed by atoms with Gasteiger partial charge >= 0.3 is 6.18 Å². The molecule has 0 aromatic heterocycles. The maximum atomic E-state index is 11.7. The fourth-order valence-corrected chi connectivity index (χ4v) is 2.57. The Balaban J connectivity index is 3.37. The van der Waals surface area contributed by atoms with Crippen molar-refractivity contribution < 1.29 is 13.2 Å². The minimum absolute atomic E-state index is 0.346. The van der Waals surface area contributed by atoms with Crippen molar-refractivity contribution in [3.63, 3.8) is 0 Å². The Bertz CT molecular complexity index is 111. The highest BCUT2D eigenvalue weighted by Gasteiger charge is 2.26. The zero-order valence-electron chi connectivity index (χ0n) is 7.62. The molecule has 0 saturated carbocycles. The van der Waals surface area contributed by atoms with Crippen LogP contribution in [0.2, 0.25) is 0 Å². The molecule has 1 atom stereocenters. The van der Waals surface area contributed by atoms with Gasteiger partial charge in [0.2, 0.25) is 0 Å². The molecule has 0 spiro atoms. The molecule has 0 nitrogen and oxygen atoms in total. The standard InChI is InChI=1S/C8H17F3S/c1-3-4-6-12(2)7-5-8(9,10)11/h12H,3-7H2,1-2H3. The monoisotopic (exact) mass is 202 g/mol. The van der Waals surface area contributed by atoms with Gasteiger partial charge in [0.1, 0.15) is 0 Å². The summed E-state index contributed by atoms with van der Waals surface area (Å²) in [5, 5.41) is 0. The summed E-state index contributed by atoms with van der Waals surface area (Å²) in [4.78, 5) is 0. The van der Waals surface area contributed by atoms with E-state index in [-0.39, 0.29) is 10.9 Å². The minimum atomic E-state index is -3.96. The lowest BCUT2D eigenvalue weighted by Crippen LogP contribution is -2.10. The third kappa shape index (κ3) is 8.24.